The molecule has 0 aliphatic heterocycles. The van der Waals surface area contributed by atoms with Crippen molar-refractivity contribution in [2.24, 2.45) is 0 Å². The van der Waals surface area contributed by atoms with E-state index >= 15 is 0 Å². The van der Waals surface area contributed by atoms with E-state index in [1.54, 1.807) is 12.4 Å². The average molecular weight is 208 g/mol. The standard InChI is InChI=1S/C11H16N2O2/c1-7(2)14-11-9(12)5-13-6-10(11)15-8-3-4-8/h5-8H,3-4,12H2,1-2H3. The van der Waals surface area contributed by atoms with Gasteiger partial charge in [-0.05, 0) is 26.7 Å². The molecule has 1 aromatic rings. The summed E-state index contributed by atoms with van der Waals surface area (Å²) in [5.74, 6) is 1.28. The number of nitrogen functional groups attached to an aromatic ring is 1. The van der Waals surface area contributed by atoms with Crippen LogP contribution >= 0.6 is 0 Å². The van der Waals surface area contributed by atoms with E-state index < -0.39 is 0 Å². The van der Waals surface area contributed by atoms with Crippen molar-refractivity contribution in [2.75, 3.05) is 5.73 Å². The van der Waals surface area contributed by atoms with Gasteiger partial charge in [0.1, 0.15) is 0 Å². The Morgan fingerprint density at radius 3 is 2.73 bits per heavy atom. The highest BCUT2D eigenvalue weighted by atomic mass is 16.5. The van der Waals surface area contributed by atoms with Gasteiger partial charge in [-0.2, -0.15) is 0 Å². The molecule has 2 rings (SSSR count). The topological polar surface area (TPSA) is 57.4 Å². The number of hydrogen-bond acceptors (Lipinski definition) is 4. The van der Waals surface area contributed by atoms with Gasteiger partial charge in [0.15, 0.2) is 11.5 Å². The van der Waals surface area contributed by atoms with Crippen LogP contribution < -0.4 is 15.2 Å². The van der Waals surface area contributed by atoms with Gasteiger partial charge in [0.25, 0.3) is 0 Å². The van der Waals surface area contributed by atoms with E-state index in [1.807, 2.05) is 13.8 Å². The number of nitrogens with two attached hydrogens (primary N) is 1. The van der Waals surface area contributed by atoms with Gasteiger partial charge in [-0.3, -0.25) is 4.98 Å². The van der Waals surface area contributed by atoms with E-state index in [4.69, 9.17) is 15.2 Å². The number of hydrogen-bond donors (Lipinski definition) is 1. The minimum absolute atomic E-state index is 0.0799. The van der Waals surface area contributed by atoms with Crippen molar-refractivity contribution < 1.29 is 9.47 Å². The summed E-state index contributed by atoms with van der Waals surface area (Å²) in [4.78, 5) is 4.00. The lowest BCUT2D eigenvalue weighted by Crippen LogP contribution is -2.10. The van der Waals surface area contributed by atoms with Crippen LogP contribution in [0.1, 0.15) is 26.7 Å². The van der Waals surface area contributed by atoms with Gasteiger partial charge in [0.2, 0.25) is 0 Å². The summed E-state index contributed by atoms with van der Waals surface area (Å²) in [6, 6.07) is 0. The fourth-order valence-corrected chi connectivity index (χ4v) is 1.26. The summed E-state index contributed by atoms with van der Waals surface area (Å²) < 4.78 is 11.3. The zero-order valence-corrected chi connectivity index (χ0v) is 9.06. The van der Waals surface area contributed by atoms with Gasteiger partial charge in [0, 0.05) is 0 Å². The van der Waals surface area contributed by atoms with Crippen LogP contribution in [-0.4, -0.2) is 17.2 Å². The maximum atomic E-state index is 5.80. The third kappa shape index (κ3) is 2.52. The van der Waals surface area contributed by atoms with Crippen molar-refractivity contribution in [1.82, 2.24) is 4.98 Å². The molecule has 1 fully saturated rings. The summed E-state index contributed by atoms with van der Waals surface area (Å²) in [5.41, 5.74) is 6.33. The molecule has 0 unspecified atom stereocenters. The molecular formula is C11H16N2O2. The van der Waals surface area contributed by atoms with Crippen molar-refractivity contribution in [3.63, 3.8) is 0 Å². The molecule has 1 aliphatic rings. The van der Waals surface area contributed by atoms with Crippen LogP contribution in [0.4, 0.5) is 5.69 Å². The zero-order chi connectivity index (χ0) is 10.8. The maximum Gasteiger partial charge on any atom is 0.187 e. The van der Waals surface area contributed by atoms with E-state index in [1.165, 1.54) is 0 Å². The van der Waals surface area contributed by atoms with Crippen LogP contribution in [0, 0.1) is 0 Å². The highest BCUT2D eigenvalue weighted by Crippen LogP contribution is 2.37. The fourth-order valence-electron chi connectivity index (χ4n) is 1.26. The van der Waals surface area contributed by atoms with E-state index in [2.05, 4.69) is 4.98 Å². The van der Waals surface area contributed by atoms with E-state index in [0.717, 1.165) is 12.8 Å². The maximum absolute atomic E-state index is 5.80. The Hall–Kier alpha value is -1.45. The molecule has 0 spiro atoms. The zero-order valence-electron chi connectivity index (χ0n) is 9.06. The summed E-state index contributed by atoms with van der Waals surface area (Å²) in [6.07, 6.45) is 5.86. The lowest BCUT2D eigenvalue weighted by atomic mass is 10.3. The SMILES string of the molecule is CC(C)Oc1c(N)cncc1OC1CC1. The van der Waals surface area contributed by atoms with Gasteiger partial charge < -0.3 is 15.2 Å². The fraction of sp³-hybridized carbons (Fsp3) is 0.545. The molecule has 2 N–H and O–H groups in total. The number of aromatic nitrogens is 1. The molecule has 0 bridgehead atoms. The third-order valence-electron chi connectivity index (χ3n) is 2.06. The first kappa shape index (κ1) is 10.1. The number of pyridine rings is 1. The molecule has 4 heteroatoms. The largest absolute Gasteiger partial charge is 0.485 e. The highest BCUT2D eigenvalue weighted by Gasteiger charge is 2.25. The molecule has 0 saturated heterocycles. The van der Waals surface area contributed by atoms with E-state index in [9.17, 15) is 0 Å². The van der Waals surface area contributed by atoms with Crippen LogP contribution in [0.2, 0.25) is 0 Å². The van der Waals surface area contributed by atoms with Gasteiger partial charge in [0.05, 0.1) is 30.3 Å². The normalized spacial score (nSPS) is 15.4. The molecule has 1 aliphatic carbocycles. The van der Waals surface area contributed by atoms with Crippen molar-refractivity contribution >= 4 is 5.69 Å². The Balaban J connectivity index is 2.21. The number of anilines is 1. The van der Waals surface area contributed by atoms with Crippen LogP contribution in [0.5, 0.6) is 11.5 Å². The summed E-state index contributed by atoms with van der Waals surface area (Å²) >= 11 is 0. The van der Waals surface area contributed by atoms with Gasteiger partial charge in [-0.25, -0.2) is 0 Å². The molecule has 0 radical (unpaired) electrons. The molecule has 0 aromatic carbocycles. The van der Waals surface area contributed by atoms with Gasteiger partial charge in [-0.1, -0.05) is 0 Å². The molecule has 1 heterocycles. The van der Waals surface area contributed by atoms with E-state index in [0.29, 0.717) is 23.3 Å². The molecule has 4 nitrogen and oxygen atoms in total. The van der Waals surface area contributed by atoms with Gasteiger partial charge in [-0.15, -0.1) is 0 Å². The lowest BCUT2D eigenvalue weighted by Gasteiger charge is -2.15. The molecule has 0 amide bonds. The summed E-state index contributed by atoms with van der Waals surface area (Å²) in [7, 11) is 0. The monoisotopic (exact) mass is 208 g/mol. The third-order valence-corrected chi connectivity index (χ3v) is 2.06. The first-order valence-electron chi connectivity index (χ1n) is 5.23. The number of nitrogens with zero attached hydrogens (tertiary/aromatic N) is 1. The van der Waals surface area contributed by atoms with Crippen molar-refractivity contribution in [1.29, 1.82) is 0 Å². The Kier molecular flexibility index (Phi) is 2.66. The Morgan fingerprint density at radius 1 is 1.40 bits per heavy atom. The predicted molar refractivity (Wildman–Crippen MR) is 58.1 cm³/mol. The summed E-state index contributed by atoms with van der Waals surface area (Å²) in [5, 5.41) is 0. The Labute approximate surface area is 89.4 Å². The van der Waals surface area contributed by atoms with Crippen LogP contribution in [0.15, 0.2) is 12.4 Å². The number of ether oxygens (including phenoxy) is 2. The second kappa shape index (κ2) is 3.96. The molecular weight excluding hydrogens is 192 g/mol. The highest BCUT2D eigenvalue weighted by molar-refractivity contribution is 5.58. The van der Waals surface area contributed by atoms with Crippen molar-refractivity contribution in [3.05, 3.63) is 12.4 Å². The first-order valence-corrected chi connectivity index (χ1v) is 5.23. The minimum Gasteiger partial charge on any atom is -0.485 e. The van der Waals surface area contributed by atoms with Crippen LogP contribution in [0.25, 0.3) is 0 Å². The van der Waals surface area contributed by atoms with Crippen molar-refractivity contribution in [3.8, 4) is 11.5 Å². The Bertz CT molecular complexity index is 348. The molecule has 15 heavy (non-hydrogen) atoms. The van der Waals surface area contributed by atoms with E-state index in [-0.39, 0.29) is 6.10 Å². The molecule has 1 saturated carbocycles. The predicted octanol–water partition coefficient (Wildman–Crippen LogP) is 1.99. The van der Waals surface area contributed by atoms with Crippen molar-refractivity contribution in [2.45, 2.75) is 38.9 Å². The smallest absolute Gasteiger partial charge is 0.187 e. The second-order valence-electron chi connectivity index (χ2n) is 4.04. The molecule has 1 aromatic heterocycles. The average Bonchev–Trinajstić information content (AvgIpc) is 2.94. The lowest BCUT2D eigenvalue weighted by molar-refractivity contribution is 0.218. The van der Waals surface area contributed by atoms with Crippen LogP contribution in [-0.2, 0) is 0 Å². The minimum atomic E-state index is 0.0799. The molecule has 0 atom stereocenters. The second-order valence-corrected chi connectivity index (χ2v) is 4.04. The van der Waals surface area contributed by atoms with Gasteiger partial charge >= 0.3 is 0 Å². The summed E-state index contributed by atoms with van der Waals surface area (Å²) in [6.45, 7) is 3.92. The number of rotatable bonds is 4. The quantitative estimate of drug-likeness (QED) is 0.822. The first-order chi connectivity index (χ1) is 7.16. The molecule has 82 valence electrons. The Morgan fingerprint density at radius 2 is 2.13 bits per heavy atom. The van der Waals surface area contributed by atoms with Crippen LogP contribution in [0.3, 0.4) is 0 Å².